The maximum absolute atomic E-state index is 12.7. The SMILES string of the molecule is Cc1c(C(=O)N(C)Cc2ccncc2)cnn1C1CCS(=O)(=O)C1. The van der Waals surface area contributed by atoms with Crippen molar-refractivity contribution in [1.82, 2.24) is 19.7 Å². The topological polar surface area (TPSA) is 85.2 Å². The number of carbonyl (C=O) groups excluding carboxylic acids is 1. The van der Waals surface area contributed by atoms with Crippen molar-refractivity contribution in [3.8, 4) is 0 Å². The number of pyridine rings is 1. The molecule has 0 saturated carbocycles. The van der Waals surface area contributed by atoms with Gasteiger partial charge in [0.25, 0.3) is 5.91 Å². The summed E-state index contributed by atoms with van der Waals surface area (Å²) in [6.07, 6.45) is 5.46. The number of hydrogen-bond acceptors (Lipinski definition) is 5. The number of hydrogen-bond donors (Lipinski definition) is 0. The van der Waals surface area contributed by atoms with Gasteiger partial charge in [0.15, 0.2) is 9.84 Å². The van der Waals surface area contributed by atoms with Crippen LogP contribution in [0.4, 0.5) is 0 Å². The van der Waals surface area contributed by atoms with E-state index in [9.17, 15) is 13.2 Å². The zero-order valence-corrected chi connectivity index (χ0v) is 14.5. The van der Waals surface area contributed by atoms with E-state index in [1.807, 2.05) is 19.1 Å². The van der Waals surface area contributed by atoms with Crippen molar-refractivity contribution in [3.05, 3.63) is 47.5 Å². The van der Waals surface area contributed by atoms with E-state index in [1.54, 1.807) is 29.0 Å². The number of nitrogens with zero attached hydrogens (tertiary/aromatic N) is 4. The van der Waals surface area contributed by atoms with Gasteiger partial charge in [0.1, 0.15) is 0 Å². The molecule has 0 N–H and O–H groups in total. The standard InChI is InChI=1S/C16H20N4O3S/c1-12-15(9-18-20(12)14-5-8-24(22,23)11-14)16(21)19(2)10-13-3-6-17-7-4-13/h3-4,6-7,9,14H,5,8,10-11H2,1-2H3. The lowest BCUT2D eigenvalue weighted by Gasteiger charge is -2.17. The molecule has 2 aromatic heterocycles. The van der Waals surface area contributed by atoms with Crippen LogP contribution < -0.4 is 0 Å². The fraction of sp³-hybridized carbons (Fsp3) is 0.438. The molecular weight excluding hydrogens is 328 g/mol. The van der Waals surface area contributed by atoms with E-state index < -0.39 is 9.84 Å². The molecule has 1 aliphatic heterocycles. The first-order chi connectivity index (χ1) is 11.4. The van der Waals surface area contributed by atoms with Crippen LogP contribution in [0.3, 0.4) is 0 Å². The molecule has 2 aromatic rings. The van der Waals surface area contributed by atoms with E-state index in [4.69, 9.17) is 0 Å². The molecule has 1 atom stereocenters. The predicted molar refractivity (Wildman–Crippen MR) is 89.3 cm³/mol. The summed E-state index contributed by atoms with van der Waals surface area (Å²) < 4.78 is 25.0. The molecule has 1 unspecified atom stereocenters. The lowest BCUT2D eigenvalue weighted by atomic mass is 10.2. The van der Waals surface area contributed by atoms with Crippen LogP contribution in [0.5, 0.6) is 0 Å². The van der Waals surface area contributed by atoms with Gasteiger partial charge in [-0.1, -0.05) is 0 Å². The van der Waals surface area contributed by atoms with E-state index >= 15 is 0 Å². The second kappa shape index (κ2) is 6.35. The third kappa shape index (κ3) is 3.33. The molecule has 3 heterocycles. The highest BCUT2D eigenvalue weighted by molar-refractivity contribution is 7.91. The Labute approximate surface area is 141 Å². The Bertz CT molecular complexity index is 845. The predicted octanol–water partition coefficient (Wildman–Crippen LogP) is 1.22. The fourth-order valence-corrected chi connectivity index (χ4v) is 4.70. The van der Waals surface area contributed by atoms with Gasteiger partial charge < -0.3 is 4.90 Å². The molecule has 1 amide bonds. The molecule has 24 heavy (non-hydrogen) atoms. The minimum atomic E-state index is -2.99. The first kappa shape index (κ1) is 16.6. The Kier molecular flexibility index (Phi) is 4.40. The lowest BCUT2D eigenvalue weighted by Crippen LogP contribution is -2.26. The van der Waals surface area contributed by atoms with Gasteiger partial charge >= 0.3 is 0 Å². The minimum absolute atomic E-state index is 0.0933. The van der Waals surface area contributed by atoms with Gasteiger partial charge in [0.2, 0.25) is 0 Å². The Morgan fingerprint density at radius 1 is 1.38 bits per heavy atom. The summed E-state index contributed by atoms with van der Waals surface area (Å²) >= 11 is 0. The Hall–Kier alpha value is -2.22. The molecule has 128 valence electrons. The van der Waals surface area contributed by atoms with Gasteiger partial charge in [-0.15, -0.1) is 0 Å². The monoisotopic (exact) mass is 348 g/mol. The Morgan fingerprint density at radius 3 is 2.71 bits per heavy atom. The van der Waals surface area contributed by atoms with Gasteiger partial charge in [-0.05, 0) is 31.0 Å². The van der Waals surface area contributed by atoms with Crippen molar-refractivity contribution in [3.63, 3.8) is 0 Å². The van der Waals surface area contributed by atoms with E-state index in [-0.39, 0.29) is 23.5 Å². The molecule has 0 bridgehead atoms. The fourth-order valence-electron chi connectivity index (χ4n) is 3.01. The number of carbonyl (C=O) groups is 1. The summed E-state index contributed by atoms with van der Waals surface area (Å²) in [5.74, 6) is 0.148. The number of sulfone groups is 1. The van der Waals surface area contributed by atoms with Crippen LogP contribution in [0, 0.1) is 6.92 Å². The van der Waals surface area contributed by atoms with Crippen molar-refractivity contribution < 1.29 is 13.2 Å². The van der Waals surface area contributed by atoms with Crippen LogP contribution >= 0.6 is 0 Å². The molecule has 1 fully saturated rings. The van der Waals surface area contributed by atoms with Crippen LogP contribution in [0.2, 0.25) is 0 Å². The zero-order chi connectivity index (χ0) is 17.3. The van der Waals surface area contributed by atoms with Gasteiger partial charge in [-0.2, -0.15) is 5.10 Å². The average Bonchev–Trinajstić information content (AvgIpc) is 3.09. The van der Waals surface area contributed by atoms with Crippen LogP contribution in [0.25, 0.3) is 0 Å². The van der Waals surface area contributed by atoms with Crippen LogP contribution in [-0.4, -0.2) is 52.5 Å². The highest BCUT2D eigenvalue weighted by atomic mass is 32.2. The maximum atomic E-state index is 12.7. The second-order valence-electron chi connectivity index (χ2n) is 6.16. The first-order valence-electron chi connectivity index (χ1n) is 7.76. The number of rotatable bonds is 4. The molecule has 8 heteroatoms. The summed E-state index contributed by atoms with van der Waals surface area (Å²) in [6.45, 7) is 2.29. The average molecular weight is 348 g/mol. The highest BCUT2D eigenvalue weighted by Gasteiger charge is 2.31. The normalized spacial score (nSPS) is 19.3. The quantitative estimate of drug-likeness (QED) is 0.829. The maximum Gasteiger partial charge on any atom is 0.257 e. The first-order valence-corrected chi connectivity index (χ1v) is 9.58. The molecule has 0 aromatic carbocycles. The van der Waals surface area contributed by atoms with E-state index in [2.05, 4.69) is 10.1 Å². The number of aromatic nitrogens is 3. The van der Waals surface area contributed by atoms with Crippen molar-refractivity contribution in [1.29, 1.82) is 0 Å². The van der Waals surface area contributed by atoms with E-state index in [0.717, 1.165) is 5.56 Å². The van der Waals surface area contributed by atoms with Crippen LogP contribution in [-0.2, 0) is 16.4 Å². The van der Waals surface area contributed by atoms with Gasteiger partial charge in [-0.3, -0.25) is 14.5 Å². The van der Waals surface area contributed by atoms with Crippen molar-refractivity contribution in [2.24, 2.45) is 0 Å². The minimum Gasteiger partial charge on any atom is -0.337 e. The summed E-state index contributed by atoms with van der Waals surface area (Å²) in [5, 5.41) is 4.27. The van der Waals surface area contributed by atoms with E-state index in [0.29, 0.717) is 24.2 Å². The third-order valence-corrected chi connectivity index (χ3v) is 6.10. The summed E-state index contributed by atoms with van der Waals surface area (Å²) in [6, 6.07) is 3.55. The second-order valence-corrected chi connectivity index (χ2v) is 8.39. The van der Waals surface area contributed by atoms with Gasteiger partial charge in [0, 0.05) is 31.7 Å². The summed E-state index contributed by atoms with van der Waals surface area (Å²) in [4.78, 5) is 18.2. The van der Waals surface area contributed by atoms with Crippen LogP contribution in [0.15, 0.2) is 30.7 Å². The molecule has 0 aliphatic carbocycles. The largest absolute Gasteiger partial charge is 0.337 e. The molecular formula is C16H20N4O3S. The zero-order valence-electron chi connectivity index (χ0n) is 13.7. The Morgan fingerprint density at radius 2 is 2.08 bits per heavy atom. The molecule has 1 saturated heterocycles. The third-order valence-electron chi connectivity index (χ3n) is 4.35. The van der Waals surface area contributed by atoms with Crippen LogP contribution in [0.1, 0.15) is 34.1 Å². The van der Waals surface area contributed by atoms with Gasteiger partial charge in [-0.25, -0.2) is 8.42 Å². The summed E-state index contributed by atoms with van der Waals surface area (Å²) in [7, 11) is -1.25. The van der Waals surface area contributed by atoms with Crippen molar-refractivity contribution in [2.45, 2.75) is 25.9 Å². The number of amides is 1. The smallest absolute Gasteiger partial charge is 0.257 e. The summed E-state index contributed by atoms with van der Waals surface area (Å²) in [5.41, 5.74) is 2.22. The highest BCUT2D eigenvalue weighted by Crippen LogP contribution is 2.25. The molecule has 0 spiro atoms. The molecule has 0 radical (unpaired) electrons. The lowest BCUT2D eigenvalue weighted by molar-refractivity contribution is 0.0784. The molecule has 1 aliphatic rings. The molecule has 3 rings (SSSR count). The van der Waals surface area contributed by atoms with Crippen molar-refractivity contribution >= 4 is 15.7 Å². The Balaban J connectivity index is 1.76. The molecule has 7 nitrogen and oxygen atoms in total. The van der Waals surface area contributed by atoms with Gasteiger partial charge in [0.05, 0.1) is 29.3 Å². The van der Waals surface area contributed by atoms with Crippen molar-refractivity contribution in [2.75, 3.05) is 18.6 Å². The van der Waals surface area contributed by atoms with E-state index in [1.165, 1.54) is 6.20 Å².